The van der Waals surface area contributed by atoms with Crippen molar-refractivity contribution in [1.82, 2.24) is 14.1 Å². The monoisotopic (exact) mass is 539 g/mol. The Labute approximate surface area is 212 Å². The molecule has 2 aromatic carbocycles. The van der Waals surface area contributed by atoms with Crippen molar-refractivity contribution >= 4 is 27.6 Å². The third kappa shape index (κ3) is 5.23. The normalized spacial score (nSPS) is 15.6. The van der Waals surface area contributed by atoms with Gasteiger partial charge in [0.2, 0.25) is 10.0 Å². The quantitative estimate of drug-likeness (QED) is 0.379. The molecule has 12 heteroatoms. The summed E-state index contributed by atoms with van der Waals surface area (Å²) in [7, 11) is -2.94. The molecule has 0 unspecified atom stereocenters. The van der Waals surface area contributed by atoms with Crippen LogP contribution in [0.2, 0.25) is 5.02 Å². The summed E-state index contributed by atoms with van der Waals surface area (Å²) in [6.07, 6.45) is 3.30. The summed E-state index contributed by atoms with van der Waals surface area (Å²) < 4.78 is 68.1. The molecular weight excluding hydrogens is 516 g/mol. The molecular formula is C24H24ClF2N3O5S. The molecule has 8 nitrogen and oxygen atoms in total. The number of esters is 1. The van der Waals surface area contributed by atoms with Crippen LogP contribution in [0.5, 0.6) is 11.5 Å². The number of sulfonamides is 1. The summed E-state index contributed by atoms with van der Waals surface area (Å²) in [6.45, 7) is 1.87. The summed E-state index contributed by atoms with van der Waals surface area (Å²) in [4.78, 5) is 11.3. The second-order valence-electron chi connectivity index (χ2n) is 8.21. The molecule has 1 aliphatic carbocycles. The average Bonchev–Trinajstić information content (AvgIpc) is 3.25. The van der Waals surface area contributed by atoms with Gasteiger partial charge in [-0.1, -0.05) is 11.6 Å². The Kier molecular flexibility index (Phi) is 7.62. The van der Waals surface area contributed by atoms with Gasteiger partial charge < -0.3 is 9.47 Å². The number of aromatic nitrogens is 2. The predicted molar refractivity (Wildman–Crippen MR) is 127 cm³/mol. The van der Waals surface area contributed by atoms with E-state index in [0.717, 1.165) is 22.1 Å². The number of carbonyl (C=O) groups excluding carboxylic acids is 1. The Bertz CT molecular complexity index is 1380. The number of hydrogen-bond donors (Lipinski definition) is 0. The van der Waals surface area contributed by atoms with Crippen LogP contribution >= 0.6 is 11.6 Å². The van der Waals surface area contributed by atoms with Crippen molar-refractivity contribution in [2.24, 2.45) is 0 Å². The minimum Gasteiger partial charge on any atom is -0.465 e. The third-order valence-corrected chi connectivity index (χ3v) is 8.12. The van der Waals surface area contributed by atoms with Crippen molar-refractivity contribution in [3.8, 4) is 11.5 Å². The largest absolute Gasteiger partial charge is 0.465 e. The molecule has 0 bridgehead atoms. The number of halogens is 3. The van der Waals surface area contributed by atoms with Crippen LogP contribution in [-0.4, -0.2) is 42.1 Å². The number of fused-ring (bicyclic) bond motifs is 1. The topological polar surface area (TPSA) is 90.7 Å². The van der Waals surface area contributed by atoms with Crippen LogP contribution in [0.1, 0.15) is 37.1 Å². The van der Waals surface area contributed by atoms with Crippen LogP contribution in [0.3, 0.4) is 0 Å². The van der Waals surface area contributed by atoms with Gasteiger partial charge in [0.25, 0.3) is 0 Å². The minimum atomic E-state index is -4.31. The van der Waals surface area contributed by atoms with E-state index in [0.29, 0.717) is 24.8 Å². The van der Waals surface area contributed by atoms with Gasteiger partial charge in [0.15, 0.2) is 0 Å². The van der Waals surface area contributed by atoms with Crippen molar-refractivity contribution in [3.05, 3.63) is 70.5 Å². The van der Waals surface area contributed by atoms with Crippen molar-refractivity contribution in [2.75, 3.05) is 13.7 Å². The first-order valence-electron chi connectivity index (χ1n) is 11.2. The Morgan fingerprint density at radius 3 is 2.67 bits per heavy atom. The lowest BCUT2D eigenvalue weighted by atomic mass is 9.93. The van der Waals surface area contributed by atoms with Gasteiger partial charge in [0.05, 0.1) is 23.9 Å². The highest BCUT2D eigenvalue weighted by Gasteiger charge is 2.36. The Hall–Kier alpha value is -3.02. The molecule has 0 radical (unpaired) electrons. The molecule has 0 N–H and O–H groups in total. The van der Waals surface area contributed by atoms with Crippen LogP contribution in [-0.2, 0) is 32.5 Å². The van der Waals surface area contributed by atoms with E-state index in [1.54, 1.807) is 6.92 Å². The van der Waals surface area contributed by atoms with E-state index < -0.39 is 38.6 Å². The summed E-state index contributed by atoms with van der Waals surface area (Å²) in [5.41, 5.74) is 1.39. The molecule has 1 atom stereocenters. The molecule has 4 rings (SSSR count). The lowest BCUT2D eigenvalue weighted by Gasteiger charge is -2.31. The Morgan fingerprint density at radius 1 is 1.25 bits per heavy atom. The smallest absolute Gasteiger partial charge is 0.327 e. The fraction of sp³-hybridized carbons (Fsp3) is 0.333. The van der Waals surface area contributed by atoms with Crippen LogP contribution in [0.4, 0.5) is 8.78 Å². The zero-order valence-corrected chi connectivity index (χ0v) is 21.2. The highest BCUT2D eigenvalue weighted by molar-refractivity contribution is 7.89. The van der Waals surface area contributed by atoms with Crippen LogP contribution < -0.4 is 4.74 Å². The summed E-state index contributed by atoms with van der Waals surface area (Å²) in [6, 6.07) is 6.28. The molecule has 0 saturated heterocycles. The van der Waals surface area contributed by atoms with E-state index in [-0.39, 0.29) is 29.7 Å². The Morgan fingerprint density at radius 2 is 1.97 bits per heavy atom. The lowest BCUT2D eigenvalue weighted by Crippen LogP contribution is -2.34. The van der Waals surface area contributed by atoms with Gasteiger partial charge >= 0.3 is 5.97 Å². The molecule has 3 aromatic rings. The first kappa shape index (κ1) is 26.1. The number of benzene rings is 2. The zero-order valence-electron chi connectivity index (χ0n) is 19.6. The second-order valence-corrected chi connectivity index (χ2v) is 10.6. The first-order valence-corrected chi connectivity index (χ1v) is 13.0. The van der Waals surface area contributed by atoms with E-state index in [4.69, 9.17) is 21.1 Å². The van der Waals surface area contributed by atoms with Crippen LogP contribution in [0, 0.1) is 11.6 Å². The zero-order chi connectivity index (χ0) is 26.0. The molecule has 0 fully saturated rings. The van der Waals surface area contributed by atoms with Gasteiger partial charge in [-0.15, -0.1) is 0 Å². The van der Waals surface area contributed by atoms with Gasteiger partial charge in [-0.05, 0) is 56.5 Å². The third-order valence-electron chi connectivity index (χ3n) is 5.94. The Balaban J connectivity index is 1.60. The standard InChI is InChI=1S/C24H24ClF2N3O5S/c1-3-34-24(31)14-30-21-6-4-5-20(17(21)13-28-30)29(2)36(32,33)23-11-18(25)22(12-19(23)27)35-16-9-7-15(26)8-10-16/h7-13,20H,3-6,14H2,1-2H3/t20-/m1/s1. The molecule has 0 amide bonds. The van der Waals surface area contributed by atoms with Crippen molar-refractivity contribution < 1.29 is 31.5 Å². The summed E-state index contributed by atoms with van der Waals surface area (Å²) >= 11 is 6.23. The highest BCUT2D eigenvalue weighted by Crippen LogP contribution is 2.39. The number of hydrogen-bond acceptors (Lipinski definition) is 6. The maximum atomic E-state index is 15.1. The second kappa shape index (κ2) is 10.5. The van der Waals surface area contributed by atoms with Gasteiger partial charge in [-0.25, -0.2) is 17.2 Å². The summed E-state index contributed by atoms with van der Waals surface area (Å²) in [5, 5.41) is 4.13. The molecule has 192 valence electrons. The van der Waals surface area contributed by atoms with E-state index in [2.05, 4.69) is 5.10 Å². The van der Waals surface area contributed by atoms with Crippen molar-refractivity contribution in [3.63, 3.8) is 0 Å². The molecule has 0 aliphatic heterocycles. The van der Waals surface area contributed by atoms with E-state index >= 15 is 4.39 Å². The van der Waals surface area contributed by atoms with Gasteiger partial charge in [0, 0.05) is 24.4 Å². The fourth-order valence-electron chi connectivity index (χ4n) is 4.18. The number of ether oxygens (including phenoxy) is 2. The van der Waals surface area contributed by atoms with Crippen molar-refractivity contribution in [1.29, 1.82) is 0 Å². The van der Waals surface area contributed by atoms with Gasteiger partial charge in [-0.2, -0.15) is 9.40 Å². The minimum absolute atomic E-state index is 0.0773. The molecule has 1 heterocycles. The molecule has 0 saturated carbocycles. The van der Waals surface area contributed by atoms with E-state index in [1.165, 1.54) is 42.2 Å². The fourth-order valence-corrected chi connectivity index (χ4v) is 5.88. The van der Waals surface area contributed by atoms with Gasteiger partial charge in [0.1, 0.15) is 34.6 Å². The molecule has 1 aliphatic rings. The molecule has 1 aromatic heterocycles. The molecule has 36 heavy (non-hydrogen) atoms. The number of rotatable bonds is 8. The maximum Gasteiger partial charge on any atom is 0.327 e. The van der Waals surface area contributed by atoms with Gasteiger partial charge in [-0.3, -0.25) is 9.48 Å². The van der Waals surface area contributed by atoms with Crippen LogP contribution in [0.15, 0.2) is 47.5 Å². The average molecular weight is 540 g/mol. The summed E-state index contributed by atoms with van der Waals surface area (Å²) in [5.74, 6) is -1.85. The van der Waals surface area contributed by atoms with Crippen molar-refractivity contribution in [2.45, 2.75) is 43.7 Å². The highest BCUT2D eigenvalue weighted by atomic mass is 35.5. The number of nitrogens with zero attached hydrogens (tertiary/aromatic N) is 3. The first-order chi connectivity index (χ1) is 17.1. The number of carbonyl (C=O) groups is 1. The van der Waals surface area contributed by atoms with E-state index in [9.17, 15) is 17.6 Å². The van der Waals surface area contributed by atoms with Crippen LogP contribution in [0.25, 0.3) is 0 Å². The predicted octanol–water partition coefficient (Wildman–Crippen LogP) is 4.87. The SMILES string of the molecule is CCOC(=O)Cn1ncc2c1CCC[C@H]2N(C)S(=O)(=O)c1cc(Cl)c(Oc2ccc(F)cc2)cc1F. The lowest BCUT2D eigenvalue weighted by molar-refractivity contribution is -0.144. The molecule has 0 spiro atoms. The van der Waals surface area contributed by atoms with E-state index in [1.807, 2.05) is 0 Å². The maximum absolute atomic E-state index is 15.1.